The summed E-state index contributed by atoms with van der Waals surface area (Å²) in [6.45, 7) is 2.19. The Labute approximate surface area is 216 Å². The van der Waals surface area contributed by atoms with Gasteiger partial charge in [-0.3, -0.25) is 0 Å². The van der Waals surface area contributed by atoms with Crippen LogP contribution in [0.3, 0.4) is 0 Å². The number of rotatable bonds is 11. The molecule has 0 bridgehead atoms. The molecule has 0 aliphatic heterocycles. The molecule has 2 aromatic rings. The Morgan fingerprint density at radius 3 is 1.92 bits per heavy atom. The number of hydrogen-bond acceptors (Lipinski definition) is 1. The monoisotopic (exact) mass is 554 g/mol. The lowest BCUT2D eigenvalue weighted by molar-refractivity contribution is -0.306. The zero-order valence-electron chi connectivity index (χ0n) is 21.0. The van der Waals surface area contributed by atoms with Gasteiger partial charge in [-0.15, -0.1) is 0 Å². The molecule has 1 nitrogen and oxygen atoms in total. The van der Waals surface area contributed by atoms with E-state index < -0.39 is 41.7 Å². The molecule has 0 heterocycles. The van der Waals surface area contributed by atoms with Gasteiger partial charge in [-0.25, -0.2) is 17.6 Å². The third kappa shape index (κ3) is 7.82. The Balaban J connectivity index is 1.63. The van der Waals surface area contributed by atoms with Gasteiger partial charge in [0.05, 0.1) is 0 Å². The lowest BCUT2D eigenvalue weighted by atomic mass is 9.78. The molecule has 1 aliphatic rings. The van der Waals surface area contributed by atoms with Gasteiger partial charge in [0.1, 0.15) is 5.82 Å². The van der Waals surface area contributed by atoms with Crippen LogP contribution < -0.4 is 4.74 Å². The van der Waals surface area contributed by atoms with E-state index in [4.69, 9.17) is 0 Å². The van der Waals surface area contributed by atoms with Crippen molar-refractivity contribution in [3.63, 3.8) is 0 Å². The van der Waals surface area contributed by atoms with Crippen molar-refractivity contribution in [1.29, 1.82) is 0 Å². The number of benzene rings is 2. The first-order valence-corrected chi connectivity index (χ1v) is 12.9. The molecule has 1 aliphatic carbocycles. The molecule has 10 heteroatoms. The summed E-state index contributed by atoms with van der Waals surface area (Å²) in [5, 5.41) is 0. The number of halogens is 9. The zero-order valence-corrected chi connectivity index (χ0v) is 21.0. The Bertz CT molecular complexity index is 1040. The largest absolute Gasteiger partial charge is 0.439 e. The van der Waals surface area contributed by atoms with E-state index in [1.165, 1.54) is 50.7 Å². The lowest BCUT2D eigenvalue weighted by Gasteiger charge is -2.28. The third-order valence-corrected chi connectivity index (χ3v) is 7.19. The Hall–Kier alpha value is -2.39. The third-order valence-electron chi connectivity index (χ3n) is 7.19. The van der Waals surface area contributed by atoms with Crippen molar-refractivity contribution < 1.29 is 44.3 Å². The van der Waals surface area contributed by atoms with Gasteiger partial charge < -0.3 is 4.74 Å². The Morgan fingerprint density at radius 1 is 0.816 bits per heavy atom. The van der Waals surface area contributed by atoms with Crippen LogP contribution in [0.1, 0.15) is 70.3 Å². The van der Waals surface area contributed by atoms with Crippen molar-refractivity contribution in [2.24, 2.45) is 11.8 Å². The van der Waals surface area contributed by atoms with Gasteiger partial charge in [0.2, 0.25) is 0 Å². The SMILES string of the molecule is CCCCCC1CCC(CCc2ccc(-c3cc(F)c(OC(F)(F)C(F)C(F)(F)F)c(F)c3)c(F)c2)CC1. The zero-order chi connectivity index (χ0) is 28.1. The van der Waals surface area contributed by atoms with Gasteiger partial charge in [-0.05, 0) is 54.0 Å². The molecule has 0 radical (unpaired) electrons. The highest BCUT2D eigenvalue weighted by Crippen LogP contribution is 2.39. The summed E-state index contributed by atoms with van der Waals surface area (Å²) in [6, 6.07) is 5.00. The van der Waals surface area contributed by atoms with E-state index >= 15 is 0 Å². The van der Waals surface area contributed by atoms with Crippen molar-refractivity contribution in [1.82, 2.24) is 0 Å². The van der Waals surface area contributed by atoms with Crippen LogP contribution in [0.5, 0.6) is 5.75 Å². The quantitative estimate of drug-likeness (QED) is 0.198. The average Bonchev–Trinajstić information content (AvgIpc) is 2.85. The predicted molar refractivity (Wildman–Crippen MR) is 126 cm³/mol. The smallest absolute Gasteiger partial charge is 0.424 e. The molecule has 0 amide bonds. The van der Waals surface area contributed by atoms with Crippen LogP contribution >= 0.6 is 0 Å². The molecule has 212 valence electrons. The number of alkyl halides is 6. The highest BCUT2D eigenvalue weighted by Gasteiger charge is 2.59. The fourth-order valence-electron chi connectivity index (χ4n) is 5.00. The van der Waals surface area contributed by atoms with Crippen molar-refractivity contribution in [3.8, 4) is 16.9 Å². The van der Waals surface area contributed by atoms with Gasteiger partial charge in [0.15, 0.2) is 17.4 Å². The average molecular weight is 555 g/mol. The molecular formula is C28H31F9O. The summed E-state index contributed by atoms with van der Waals surface area (Å²) in [5.74, 6) is -5.04. The second-order valence-corrected chi connectivity index (χ2v) is 10.1. The number of unbranched alkanes of at least 4 members (excludes halogenated alkanes) is 2. The summed E-state index contributed by atoms with van der Waals surface area (Å²) in [4.78, 5) is 0. The first-order chi connectivity index (χ1) is 17.8. The predicted octanol–water partition coefficient (Wildman–Crippen LogP) is 9.96. The van der Waals surface area contributed by atoms with Crippen molar-refractivity contribution >= 4 is 0 Å². The normalized spacial score (nSPS) is 19.4. The molecule has 0 N–H and O–H groups in total. The molecule has 1 atom stereocenters. The second-order valence-electron chi connectivity index (χ2n) is 10.1. The van der Waals surface area contributed by atoms with Crippen molar-refractivity contribution in [2.75, 3.05) is 0 Å². The van der Waals surface area contributed by atoms with Crippen LogP contribution in [0.2, 0.25) is 0 Å². The van der Waals surface area contributed by atoms with Crippen LogP contribution in [0.15, 0.2) is 30.3 Å². The highest BCUT2D eigenvalue weighted by molar-refractivity contribution is 5.65. The summed E-state index contributed by atoms with van der Waals surface area (Å²) >= 11 is 0. The van der Waals surface area contributed by atoms with Crippen LogP contribution in [0, 0.1) is 29.3 Å². The maximum atomic E-state index is 14.8. The Kier molecular flexibility index (Phi) is 10.0. The molecule has 0 saturated heterocycles. The maximum absolute atomic E-state index is 14.8. The van der Waals surface area contributed by atoms with E-state index in [9.17, 15) is 39.5 Å². The van der Waals surface area contributed by atoms with E-state index in [0.29, 0.717) is 30.0 Å². The van der Waals surface area contributed by atoms with E-state index in [0.717, 1.165) is 25.2 Å². The Morgan fingerprint density at radius 2 is 1.39 bits per heavy atom. The maximum Gasteiger partial charge on any atom is 0.439 e. The summed E-state index contributed by atoms with van der Waals surface area (Å²) in [6.07, 6.45) is -5.22. The molecule has 38 heavy (non-hydrogen) atoms. The standard InChI is InChI=1S/C28H31F9O/c1-2-3-4-5-17-6-8-18(9-7-17)10-11-19-12-13-21(22(29)14-19)20-15-23(30)25(24(31)16-20)38-28(36,37)26(32)27(33,34)35/h12-18,26H,2-11H2,1H3. The molecular weight excluding hydrogens is 523 g/mol. The fourth-order valence-corrected chi connectivity index (χ4v) is 5.00. The van der Waals surface area contributed by atoms with Crippen LogP contribution in [-0.2, 0) is 6.42 Å². The number of hydrogen-bond donors (Lipinski definition) is 0. The second kappa shape index (κ2) is 12.6. The van der Waals surface area contributed by atoms with Crippen LogP contribution in [-0.4, -0.2) is 18.5 Å². The minimum absolute atomic E-state index is 0.240. The van der Waals surface area contributed by atoms with Crippen molar-refractivity contribution in [2.45, 2.75) is 89.6 Å². The van der Waals surface area contributed by atoms with E-state index in [1.54, 1.807) is 6.07 Å². The number of aryl methyl sites for hydroxylation is 1. The first kappa shape index (κ1) is 30.2. The molecule has 1 unspecified atom stereocenters. The minimum atomic E-state index is -6.02. The summed E-state index contributed by atoms with van der Waals surface area (Å²) < 4.78 is 124. The van der Waals surface area contributed by atoms with Crippen molar-refractivity contribution in [3.05, 3.63) is 53.3 Å². The lowest BCUT2D eigenvalue weighted by Crippen LogP contribution is -2.46. The molecule has 1 saturated carbocycles. The van der Waals surface area contributed by atoms with Crippen LogP contribution in [0.4, 0.5) is 39.5 Å². The first-order valence-electron chi connectivity index (χ1n) is 12.9. The van der Waals surface area contributed by atoms with E-state index in [1.807, 2.05) is 0 Å². The highest BCUT2D eigenvalue weighted by atomic mass is 19.4. The van der Waals surface area contributed by atoms with Gasteiger partial charge in [0, 0.05) is 5.56 Å². The summed E-state index contributed by atoms with van der Waals surface area (Å²) in [7, 11) is 0. The molecule has 2 aromatic carbocycles. The minimum Gasteiger partial charge on any atom is -0.424 e. The van der Waals surface area contributed by atoms with Gasteiger partial charge in [0.25, 0.3) is 6.17 Å². The van der Waals surface area contributed by atoms with Gasteiger partial charge in [-0.1, -0.05) is 70.4 Å². The van der Waals surface area contributed by atoms with Gasteiger partial charge >= 0.3 is 12.3 Å². The van der Waals surface area contributed by atoms with E-state index in [2.05, 4.69) is 11.7 Å². The van der Waals surface area contributed by atoms with E-state index in [-0.39, 0.29) is 11.1 Å². The number of ether oxygens (including phenoxy) is 1. The molecule has 3 rings (SSSR count). The van der Waals surface area contributed by atoms with Gasteiger partial charge in [-0.2, -0.15) is 22.0 Å². The van der Waals surface area contributed by atoms with Crippen LogP contribution in [0.25, 0.3) is 11.1 Å². The summed E-state index contributed by atoms with van der Waals surface area (Å²) in [5.41, 5.74) is 0.0721. The molecule has 1 fully saturated rings. The topological polar surface area (TPSA) is 9.23 Å². The fraction of sp³-hybridized carbons (Fsp3) is 0.571. The molecule has 0 spiro atoms. The molecule has 0 aromatic heterocycles.